The Morgan fingerprint density at radius 2 is 2.08 bits per heavy atom. The second-order valence-corrected chi connectivity index (χ2v) is 5.44. The molecule has 0 aromatic carbocycles. The summed E-state index contributed by atoms with van der Waals surface area (Å²) in [6.45, 7) is 1.02. The molecule has 0 bridgehead atoms. The van der Waals surface area contributed by atoms with E-state index in [1.165, 1.54) is 22.7 Å². The zero-order chi connectivity index (χ0) is 10.1. The molecule has 0 spiro atoms. The molecule has 0 radical (unpaired) electrons. The summed E-state index contributed by atoms with van der Waals surface area (Å²) in [5.41, 5.74) is 0. The highest BCUT2D eigenvalue weighted by atomic mass is 32.2. The lowest BCUT2D eigenvalue weighted by Gasteiger charge is -2.20. The molecule has 0 aromatic heterocycles. The fourth-order valence-corrected chi connectivity index (χ4v) is 2.48. The number of hydrogen-bond donors (Lipinski definition) is 0. The zero-order valence-corrected chi connectivity index (χ0v) is 9.04. The number of ether oxygens (including phenoxy) is 1. The largest absolute Gasteiger partial charge is 0.380 e. The van der Waals surface area contributed by atoms with E-state index in [-0.39, 0.29) is 6.10 Å². The van der Waals surface area contributed by atoms with Crippen molar-refractivity contribution in [2.75, 3.05) is 34.3 Å². The molecule has 1 heterocycles. The van der Waals surface area contributed by atoms with Gasteiger partial charge in [-0.3, -0.25) is 0 Å². The van der Waals surface area contributed by atoms with E-state index in [0.29, 0.717) is 13.1 Å². The van der Waals surface area contributed by atoms with Crippen molar-refractivity contribution in [3.63, 3.8) is 0 Å². The van der Waals surface area contributed by atoms with Crippen LogP contribution in [0.3, 0.4) is 0 Å². The quantitative estimate of drug-likeness (QED) is 0.629. The van der Waals surface area contributed by atoms with Gasteiger partial charge in [-0.25, -0.2) is 0 Å². The molecule has 13 heavy (non-hydrogen) atoms. The molecule has 1 atom stereocenters. The SMILES string of the molecule is CO[C@H]1CCN(S(=O)(=O)N(C)C)C1. The molecule has 78 valence electrons. The van der Waals surface area contributed by atoms with E-state index in [2.05, 4.69) is 0 Å². The van der Waals surface area contributed by atoms with Crippen LogP contribution in [0.5, 0.6) is 0 Å². The molecule has 1 aliphatic rings. The van der Waals surface area contributed by atoms with E-state index in [0.717, 1.165) is 6.42 Å². The second kappa shape index (κ2) is 3.91. The first kappa shape index (κ1) is 10.9. The summed E-state index contributed by atoms with van der Waals surface area (Å²) >= 11 is 0. The van der Waals surface area contributed by atoms with Gasteiger partial charge >= 0.3 is 0 Å². The van der Waals surface area contributed by atoms with E-state index < -0.39 is 10.2 Å². The Morgan fingerprint density at radius 3 is 2.46 bits per heavy atom. The van der Waals surface area contributed by atoms with Crippen LogP contribution >= 0.6 is 0 Å². The molecule has 0 aromatic rings. The van der Waals surface area contributed by atoms with Gasteiger partial charge in [0.25, 0.3) is 10.2 Å². The van der Waals surface area contributed by atoms with Crippen LogP contribution < -0.4 is 0 Å². The van der Waals surface area contributed by atoms with E-state index in [1.807, 2.05) is 0 Å². The molecule has 0 amide bonds. The molecule has 1 saturated heterocycles. The molecule has 1 fully saturated rings. The van der Waals surface area contributed by atoms with E-state index in [1.54, 1.807) is 7.11 Å². The maximum absolute atomic E-state index is 11.6. The summed E-state index contributed by atoms with van der Waals surface area (Å²) in [5.74, 6) is 0. The van der Waals surface area contributed by atoms with Crippen LogP contribution in [-0.4, -0.2) is 57.4 Å². The molecule has 0 unspecified atom stereocenters. The molecule has 0 saturated carbocycles. The smallest absolute Gasteiger partial charge is 0.281 e. The monoisotopic (exact) mass is 208 g/mol. The van der Waals surface area contributed by atoms with Crippen molar-refractivity contribution in [2.24, 2.45) is 0 Å². The maximum atomic E-state index is 11.6. The van der Waals surface area contributed by atoms with Gasteiger partial charge in [-0.15, -0.1) is 0 Å². The van der Waals surface area contributed by atoms with Crippen LogP contribution in [0.2, 0.25) is 0 Å². The highest BCUT2D eigenvalue weighted by Gasteiger charge is 2.32. The Morgan fingerprint density at radius 1 is 1.46 bits per heavy atom. The molecule has 1 aliphatic heterocycles. The number of nitrogens with zero attached hydrogens (tertiary/aromatic N) is 2. The van der Waals surface area contributed by atoms with Crippen LogP contribution in [-0.2, 0) is 14.9 Å². The van der Waals surface area contributed by atoms with Gasteiger partial charge in [0, 0.05) is 34.3 Å². The predicted molar refractivity (Wildman–Crippen MR) is 49.6 cm³/mol. The summed E-state index contributed by atoms with van der Waals surface area (Å²) < 4.78 is 30.9. The highest BCUT2D eigenvalue weighted by Crippen LogP contribution is 2.16. The van der Waals surface area contributed by atoms with Gasteiger partial charge < -0.3 is 4.74 Å². The Kier molecular flexibility index (Phi) is 3.28. The average Bonchev–Trinajstić information content (AvgIpc) is 2.51. The molecule has 0 N–H and O–H groups in total. The van der Waals surface area contributed by atoms with Gasteiger partial charge in [0.1, 0.15) is 0 Å². The van der Waals surface area contributed by atoms with E-state index in [4.69, 9.17) is 4.74 Å². The van der Waals surface area contributed by atoms with Crippen molar-refractivity contribution < 1.29 is 13.2 Å². The van der Waals surface area contributed by atoms with Gasteiger partial charge in [-0.05, 0) is 6.42 Å². The number of methoxy groups -OCH3 is 1. The summed E-state index contributed by atoms with van der Waals surface area (Å²) in [6, 6.07) is 0. The van der Waals surface area contributed by atoms with Crippen molar-refractivity contribution >= 4 is 10.2 Å². The van der Waals surface area contributed by atoms with Crippen LogP contribution in [0.4, 0.5) is 0 Å². The molecule has 0 aliphatic carbocycles. The van der Waals surface area contributed by atoms with Crippen LogP contribution in [0.25, 0.3) is 0 Å². The van der Waals surface area contributed by atoms with E-state index >= 15 is 0 Å². The van der Waals surface area contributed by atoms with Crippen molar-refractivity contribution in [2.45, 2.75) is 12.5 Å². The lowest BCUT2D eigenvalue weighted by molar-refractivity contribution is 0.114. The third-order valence-corrected chi connectivity index (χ3v) is 4.14. The first-order chi connectivity index (χ1) is 5.98. The van der Waals surface area contributed by atoms with Gasteiger partial charge in [-0.1, -0.05) is 0 Å². The molecular formula is C7H16N2O3S. The lowest BCUT2D eigenvalue weighted by atomic mass is 10.3. The Bertz CT molecular complexity index is 263. The standard InChI is InChI=1S/C7H16N2O3S/c1-8(2)13(10,11)9-5-4-7(6-9)12-3/h7H,4-6H2,1-3H3/t7-/m0/s1. The minimum absolute atomic E-state index is 0.0507. The van der Waals surface area contributed by atoms with Crippen molar-refractivity contribution in [1.82, 2.24) is 8.61 Å². The number of rotatable bonds is 3. The van der Waals surface area contributed by atoms with Gasteiger partial charge in [0.2, 0.25) is 0 Å². The predicted octanol–water partition coefficient (Wildman–Crippen LogP) is -0.486. The molecule has 1 rings (SSSR count). The third kappa shape index (κ3) is 2.19. The van der Waals surface area contributed by atoms with Crippen LogP contribution in [0, 0.1) is 0 Å². The van der Waals surface area contributed by atoms with Gasteiger partial charge in [0.05, 0.1) is 6.10 Å². The summed E-state index contributed by atoms with van der Waals surface area (Å²) in [7, 11) is 1.45. The van der Waals surface area contributed by atoms with Crippen molar-refractivity contribution in [1.29, 1.82) is 0 Å². The number of hydrogen-bond acceptors (Lipinski definition) is 3. The summed E-state index contributed by atoms with van der Waals surface area (Å²) in [6.07, 6.45) is 0.832. The average molecular weight is 208 g/mol. The summed E-state index contributed by atoms with van der Waals surface area (Å²) in [5, 5.41) is 0. The first-order valence-electron chi connectivity index (χ1n) is 4.19. The first-order valence-corrected chi connectivity index (χ1v) is 5.58. The zero-order valence-electron chi connectivity index (χ0n) is 8.23. The lowest BCUT2D eigenvalue weighted by Crippen LogP contribution is -2.39. The van der Waals surface area contributed by atoms with Crippen molar-refractivity contribution in [3.8, 4) is 0 Å². The molecular weight excluding hydrogens is 192 g/mol. The topological polar surface area (TPSA) is 49.9 Å². The third-order valence-electron chi connectivity index (χ3n) is 2.23. The summed E-state index contributed by atoms with van der Waals surface area (Å²) in [4.78, 5) is 0. The maximum Gasteiger partial charge on any atom is 0.281 e. The van der Waals surface area contributed by atoms with Gasteiger partial charge in [0.15, 0.2) is 0 Å². The Balaban J connectivity index is 2.66. The second-order valence-electron chi connectivity index (χ2n) is 3.29. The molecule has 6 heteroatoms. The van der Waals surface area contributed by atoms with Crippen LogP contribution in [0.1, 0.15) is 6.42 Å². The molecule has 5 nitrogen and oxygen atoms in total. The minimum atomic E-state index is -3.23. The fraction of sp³-hybridized carbons (Fsp3) is 1.00. The van der Waals surface area contributed by atoms with E-state index in [9.17, 15) is 8.42 Å². The normalized spacial score (nSPS) is 25.7. The Hall–Kier alpha value is -0.170. The van der Waals surface area contributed by atoms with Crippen LogP contribution in [0.15, 0.2) is 0 Å². The Labute approximate surface area is 79.5 Å². The van der Waals surface area contributed by atoms with Crippen molar-refractivity contribution in [3.05, 3.63) is 0 Å². The highest BCUT2D eigenvalue weighted by molar-refractivity contribution is 7.86. The fourth-order valence-electron chi connectivity index (χ4n) is 1.33. The van der Waals surface area contributed by atoms with Gasteiger partial charge in [-0.2, -0.15) is 17.0 Å². The minimum Gasteiger partial charge on any atom is -0.380 e.